The van der Waals surface area contributed by atoms with E-state index >= 15 is 0 Å². The number of hydrogen-bond donors (Lipinski definition) is 0. The van der Waals surface area contributed by atoms with E-state index in [-0.39, 0.29) is 0 Å². The van der Waals surface area contributed by atoms with Crippen LogP contribution in [0.25, 0.3) is 27.5 Å². The standard InChI is InChI=1S/C22H19N5/c1-14-16-6-3-4-8-20(16)25-21(24-14)10-9-18-15(2)27-13-11-19-17(22(27)26-18)7-5-12-23-19/h3-8,11-13H,9-10H2,1-2H3. The molecule has 0 saturated carbocycles. The molecule has 5 aromatic rings. The quantitative estimate of drug-likeness (QED) is 0.487. The van der Waals surface area contributed by atoms with Gasteiger partial charge in [-0.05, 0) is 44.5 Å². The van der Waals surface area contributed by atoms with Crippen molar-refractivity contribution in [3.05, 3.63) is 77.8 Å². The van der Waals surface area contributed by atoms with Gasteiger partial charge in [-0.2, -0.15) is 0 Å². The first kappa shape index (κ1) is 15.9. The molecule has 0 N–H and O–H groups in total. The van der Waals surface area contributed by atoms with Crippen LogP contribution in [0.1, 0.15) is 22.9 Å². The van der Waals surface area contributed by atoms with Gasteiger partial charge in [-0.3, -0.25) is 4.98 Å². The fourth-order valence-corrected chi connectivity index (χ4v) is 3.69. The van der Waals surface area contributed by atoms with E-state index in [2.05, 4.69) is 28.4 Å². The Hall–Kier alpha value is -3.34. The SMILES string of the molecule is Cc1nc(CCc2nc3c4cccnc4ccn3c2C)nc2ccccc12. The maximum Gasteiger partial charge on any atom is 0.146 e. The molecular weight excluding hydrogens is 334 g/mol. The van der Waals surface area contributed by atoms with Crippen LogP contribution in [-0.2, 0) is 12.8 Å². The minimum Gasteiger partial charge on any atom is -0.303 e. The van der Waals surface area contributed by atoms with Gasteiger partial charge in [0, 0.05) is 41.0 Å². The number of aromatic nitrogens is 5. The highest BCUT2D eigenvalue weighted by Crippen LogP contribution is 2.22. The largest absolute Gasteiger partial charge is 0.303 e. The van der Waals surface area contributed by atoms with Crippen molar-refractivity contribution in [3.63, 3.8) is 0 Å². The Balaban J connectivity index is 1.52. The Morgan fingerprint density at radius 3 is 2.59 bits per heavy atom. The number of aryl methyl sites for hydroxylation is 4. The molecule has 0 radical (unpaired) electrons. The highest BCUT2D eigenvalue weighted by molar-refractivity contribution is 5.91. The normalized spacial score (nSPS) is 11.6. The monoisotopic (exact) mass is 353 g/mol. The number of imidazole rings is 1. The van der Waals surface area contributed by atoms with Crippen molar-refractivity contribution in [1.29, 1.82) is 0 Å². The third-order valence-corrected chi connectivity index (χ3v) is 5.13. The predicted octanol–water partition coefficient (Wildman–Crippen LogP) is 4.23. The van der Waals surface area contributed by atoms with Crippen LogP contribution in [0, 0.1) is 13.8 Å². The molecule has 5 heteroatoms. The molecule has 27 heavy (non-hydrogen) atoms. The predicted molar refractivity (Wildman–Crippen MR) is 107 cm³/mol. The van der Waals surface area contributed by atoms with Crippen molar-refractivity contribution in [3.8, 4) is 0 Å². The van der Waals surface area contributed by atoms with Gasteiger partial charge in [0.15, 0.2) is 0 Å². The van der Waals surface area contributed by atoms with Gasteiger partial charge in [-0.25, -0.2) is 15.0 Å². The minimum atomic E-state index is 0.770. The molecular formula is C22H19N5. The molecule has 0 saturated heterocycles. The van der Waals surface area contributed by atoms with Crippen LogP contribution in [0.15, 0.2) is 54.9 Å². The average Bonchev–Trinajstić information content (AvgIpc) is 3.03. The molecule has 5 rings (SSSR count). The van der Waals surface area contributed by atoms with Crippen LogP contribution in [-0.4, -0.2) is 24.3 Å². The summed E-state index contributed by atoms with van der Waals surface area (Å²) >= 11 is 0. The summed E-state index contributed by atoms with van der Waals surface area (Å²) in [7, 11) is 0. The van der Waals surface area contributed by atoms with Gasteiger partial charge in [-0.1, -0.05) is 18.2 Å². The fourth-order valence-electron chi connectivity index (χ4n) is 3.69. The van der Waals surface area contributed by atoms with Crippen LogP contribution in [0.4, 0.5) is 0 Å². The number of hydrogen-bond acceptors (Lipinski definition) is 4. The summed E-state index contributed by atoms with van der Waals surface area (Å²) in [5, 5.41) is 2.19. The van der Waals surface area contributed by atoms with Crippen LogP contribution >= 0.6 is 0 Å². The van der Waals surface area contributed by atoms with E-state index in [9.17, 15) is 0 Å². The highest BCUT2D eigenvalue weighted by Gasteiger charge is 2.12. The molecule has 0 bridgehead atoms. The number of rotatable bonds is 3. The highest BCUT2D eigenvalue weighted by atomic mass is 15.0. The van der Waals surface area contributed by atoms with Gasteiger partial charge in [0.05, 0.1) is 16.7 Å². The molecule has 1 aromatic carbocycles. The lowest BCUT2D eigenvalue weighted by Crippen LogP contribution is -2.02. The van der Waals surface area contributed by atoms with Crippen LogP contribution in [0.5, 0.6) is 0 Å². The molecule has 4 aromatic heterocycles. The third kappa shape index (κ3) is 2.63. The van der Waals surface area contributed by atoms with Crippen molar-refractivity contribution >= 4 is 27.5 Å². The zero-order chi connectivity index (χ0) is 18.4. The van der Waals surface area contributed by atoms with Crippen molar-refractivity contribution in [2.24, 2.45) is 0 Å². The molecule has 0 amide bonds. The Bertz CT molecular complexity index is 1300. The Labute approximate surface area is 156 Å². The molecule has 4 heterocycles. The van der Waals surface area contributed by atoms with Gasteiger partial charge < -0.3 is 4.40 Å². The lowest BCUT2D eigenvalue weighted by Gasteiger charge is -2.05. The number of benzene rings is 1. The maximum atomic E-state index is 4.91. The summed E-state index contributed by atoms with van der Waals surface area (Å²) in [4.78, 5) is 18.8. The topological polar surface area (TPSA) is 56.0 Å². The fraction of sp³-hybridized carbons (Fsp3) is 0.182. The van der Waals surface area contributed by atoms with E-state index < -0.39 is 0 Å². The molecule has 0 aliphatic carbocycles. The van der Waals surface area contributed by atoms with Crippen molar-refractivity contribution in [2.75, 3.05) is 0 Å². The second-order valence-electron chi connectivity index (χ2n) is 6.83. The zero-order valence-electron chi connectivity index (χ0n) is 15.3. The van der Waals surface area contributed by atoms with Gasteiger partial charge in [0.1, 0.15) is 11.5 Å². The Morgan fingerprint density at radius 1 is 0.815 bits per heavy atom. The smallest absolute Gasteiger partial charge is 0.146 e. The number of para-hydroxylation sites is 1. The molecule has 0 atom stereocenters. The van der Waals surface area contributed by atoms with Gasteiger partial charge in [0.25, 0.3) is 0 Å². The van der Waals surface area contributed by atoms with E-state index in [1.54, 1.807) is 0 Å². The lowest BCUT2D eigenvalue weighted by atomic mass is 10.1. The number of pyridine rings is 2. The van der Waals surface area contributed by atoms with Gasteiger partial charge in [0.2, 0.25) is 0 Å². The summed E-state index contributed by atoms with van der Waals surface area (Å²) in [5.74, 6) is 0.870. The third-order valence-electron chi connectivity index (χ3n) is 5.13. The summed E-state index contributed by atoms with van der Waals surface area (Å²) < 4.78 is 2.14. The lowest BCUT2D eigenvalue weighted by molar-refractivity contribution is 0.837. The second kappa shape index (κ2) is 6.13. The van der Waals surface area contributed by atoms with E-state index in [1.807, 2.05) is 49.6 Å². The van der Waals surface area contributed by atoms with E-state index in [0.717, 1.165) is 63.2 Å². The van der Waals surface area contributed by atoms with Crippen LogP contribution in [0.2, 0.25) is 0 Å². The molecule has 0 aliphatic heterocycles. The van der Waals surface area contributed by atoms with Gasteiger partial charge >= 0.3 is 0 Å². The molecule has 0 fully saturated rings. The van der Waals surface area contributed by atoms with Gasteiger partial charge in [-0.15, -0.1) is 0 Å². The molecule has 0 unspecified atom stereocenters. The summed E-state index contributed by atoms with van der Waals surface area (Å²) in [6, 6.07) is 14.2. The van der Waals surface area contributed by atoms with Crippen LogP contribution < -0.4 is 0 Å². The maximum absolute atomic E-state index is 4.91. The summed E-state index contributed by atoms with van der Waals surface area (Å²) in [6.07, 6.45) is 5.45. The Kier molecular flexibility index (Phi) is 3.60. The summed E-state index contributed by atoms with van der Waals surface area (Å²) in [6.45, 7) is 4.16. The molecule has 0 spiro atoms. The van der Waals surface area contributed by atoms with E-state index in [0.29, 0.717) is 0 Å². The second-order valence-corrected chi connectivity index (χ2v) is 6.83. The molecule has 132 valence electrons. The first-order chi connectivity index (χ1) is 13.2. The summed E-state index contributed by atoms with van der Waals surface area (Å²) in [5.41, 5.74) is 6.20. The van der Waals surface area contributed by atoms with E-state index in [1.165, 1.54) is 0 Å². The van der Waals surface area contributed by atoms with E-state index in [4.69, 9.17) is 15.0 Å². The molecule has 5 nitrogen and oxygen atoms in total. The average molecular weight is 353 g/mol. The Morgan fingerprint density at radius 2 is 1.67 bits per heavy atom. The van der Waals surface area contributed by atoms with Crippen molar-refractivity contribution in [2.45, 2.75) is 26.7 Å². The minimum absolute atomic E-state index is 0.770. The zero-order valence-corrected chi connectivity index (χ0v) is 15.3. The van der Waals surface area contributed by atoms with Crippen molar-refractivity contribution in [1.82, 2.24) is 24.3 Å². The number of fused-ring (bicyclic) bond motifs is 4. The van der Waals surface area contributed by atoms with Crippen molar-refractivity contribution < 1.29 is 0 Å². The first-order valence-electron chi connectivity index (χ1n) is 9.14. The number of nitrogens with zero attached hydrogens (tertiary/aromatic N) is 5. The first-order valence-corrected chi connectivity index (χ1v) is 9.14. The molecule has 0 aliphatic rings. The van der Waals surface area contributed by atoms with Crippen LogP contribution in [0.3, 0.4) is 0 Å².